The summed E-state index contributed by atoms with van der Waals surface area (Å²) in [5.41, 5.74) is 0. The normalized spacial score (nSPS) is 22.8. The lowest BCUT2D eigenvalue weighted by Gasteiger charge is -2.14. The average Bonchev–Trinajstić information content (AvgIpc) is 2.59. The van der Waals surface area contributed by atoms with E-state index in [2.05, 4.69) is 6.92 Å². The van der Waals surface area contributed by atoms with Crippen molar-refractivity contribution in [3.63, 3.8) is 0 Å². The zero-order chi connectivity index (χ0) is 11.1. The second-order valence-corrected chi connectivity index (χ2v) is 4.39. The van der Waals surface area contributed by atoms with Gasteiger partial charge in [0, 0.05) is 12.8 Å². The van der Waals surface area contributed by atoms with Crippen molar-refractivity contribution in [3.05, 3.63) is 0 Å². The first-order chi connectivity index (χ1) is 7.22. The molecule has 1 rings (SSSR count). The van der Waals surface area contributed by atoms with Gasteiger partial charge in [-0.3, -0.25) is 4.79 Å². The monoisotopic (exact) mass is 214 g/mol. The van der Waals surface area contributed by atoms with Crippen LogP contribution in [0.25, 0.3) is 0 Å². The molecule has 0 unspecified atom stereocenters. The largest absolute Gasteiger partial charge is 0.462 e. The highest BCUT2D eigenvalue weighted by atomic mass is 16.5. The fourth-order valence-corrected chi connectivity index (χ4v) is 1.98. The average molecular weight is 214 g/mol. The van der Waals surface area contributed by atoms with E-state index in [0.717, 1.165) is 19.3 Å². The molecule has 1 N–H and O–H groups in total. The van der Waals surface area contributed by atoms with Crippen LogP contribution in [-0.2, 0) is 9.53 Å². The van der Waals surface area contributed by atoms with Gasteiger partial charge in [-0.15, -0.1) is 0 Å². The van der Waals surface area contributed by atoms with E-state index >= 15 is 0 Å². The molecule has 1 saturated heterocycles. The summed E-state index contributed by atoms with van der Waals surface area (Å²) in [4.78, 5) is 10.8. The van der Waals surface area contributed by atoms with Crippen LogP contribution in [0.2, 0.25) is 0 Å². The van der Waals surface area contributed by atoms with Crippen LogP contribution in [0.4, 0.5) is 0 Å². The maximum absolute atomic E-state index is 10.8. The van der Waals surface area contributed by atoms with E-state index in [0.29, 0.717) is 12.8 Å². The predicted molar refractivity (Wildman–Crippen MR) is 58.5 cm³/mol. The molecule has 0 aromatic heterocycles. The highest BCUT2D eigenvalue weighted by molar-refractivity contribution is 5.71. The summed E-state index contributed by atoms with van der Waals surface area (Å²) in [5, 5.41) is 9.70. The number of aliphatic hydroxyl groups excluding tert-OH is 1. The molecule has 1 fully saturated rings. The van der Waals surface area contributed by atoms with Crippen LogP contribution in [-0.4, -0.2) is 23.3 Å². The molecule has 15 heavy (non-hydrogen) atoms. The lowest BCUT2D eigenvalue weighted by Crippen LogP contribution is -2.17. The van der Waals surface area contributed by atoms with E-state index in [4.69, 9.17) is 4.74 Å². The summed E-state index contributed by atoms with van der Waals surface area (Å²) in [7, 11) is 0. The summed E-state index contributed by atoms with van der Waals surface area (Å²) >= 11 is 0. The molecule has 0 spiro atoms. The molecule has 1 aliphatic heterocycles. The van der Waals surface area contributed by atoms with Crippen LogP contribution in [0.5, 0.6) is 0 Å². The van der Waals surface area contributed by atoms with Crippen LogP contribution in [0.15, 0.2) is 0 Å². The van der Waals surface area contributed by atoms with E-state index in [1.807, 2.05) is 0 Å². The third-order valence-corrected chi connectivity index (χ3v) is 2.89. The van der Waals surface area contributed by atoms with Crippen molar-refractivity contribution in [2.24, 2.45) is 0 Å². The fourth-order valence-electron chi connectivity index (χ4n) is 1.98. The molecule has 3 nitrogen and oxygen atoms in total. The van der Waals surface area contributed by atoms with Gasteiger partial charge in [-0.25, -0.2) is 0 Å². The minimum atomic E-state index is -0.294. The molecule has 0 aromatic carbocycles. The number of carbonyl (C=O) groups is 1. The lowest BCUT2D eigenvalue weighted by molar-refractivity contribution is -0.142. The number of unbranched alkanes of at least 4 members (excludes halogenated alkanes) is 3. The van der Waals surface area contributed by atoms with Gasteiger partial charge in [0.05, 0.1) is 6.10 Å². The summed E-state index contributed by atoms with van der Waals surface area (Å²) in [6.07, 6.45) is 7.18. The Kier molecular flexibility index (Phi) is 5.69. The molecule has 0 radical (unpaired) electrons. The van der Waals surface area contributed by atoms with E-state index < -0.39 is 0 Å². The molecule has 88 valence electrons. The summed E-state index contributed by atoms with van der Waals surface area (Å²) < 4.78 is 5.06. The van der Waals surface area contributed by atoms with E-state index in [1.54, 1.807) is 0 Å². The predicted octanol–water partition coefficient (Wildman–Crippen LogP) is 2.41. The molecule has 0 amide bonds. The van der Waals surface area contributed by atoms with Crippen LogP contribution < -0.4 is 0 Å². The first-order valence-electron chi connectivity index (χ1n) is 6.10. The second kappa shape index (κ2) is 6.83. The molecule has 0 aromatic rings. The quantitative estimate of drug-likeness (QED) is 0.523. The smallest absolute Gasteiger partial charge is 0.306 e. The van der Waals surface area contributed by atoms with Crippen molar-refractivity contribution in [2.75, 3.05) is 0 Å². The number of ether oxygens (including phenoxy) is 1. The van der Waals surface area contributed by atoms with Crippen LogP contribution >= 0.6 is 0 Å². The van der Waals surface area contributed by atoms with Gasteiger partial charge in [0.1, 0.15) is 6.10 Å². The van der Waals surface area contributed by atoms with Gasteiger partial charge in [0.15, 0.2) is 0 Å². The van der Waals surface area contributed by atoms with Gasteiger partial charge >= 0.3 is 5.97 Å². The van der Waals surface area contributed by atoms with Crippen molar-refractivity contribution in [3.8, 4) is 0 Å². The molecular weight excluding hydrogens is 192 g/mol. The van der Waals surface area contributed by atoms with Crippen LogP contribution in [0.1, 0.15) is 58.3 Å². The van der Waals surface area contributed by atoms with Gasteiger partial charge in [-0.1, -0.05) is 32.6 Å². The Bertz CT molecular complexity index is 191. The number of aliphatic hydroxyl groups is 1. The third kappa shape index (κ3) is 5.17. The summed E-state index contributed by atoms with van der Waals surface area (Å²) in [5.74, 6) is -0.113. The third-order valence-electron chi connectivity index (χ3n) is 2.89. The Labute approximate surface area is 91.8 Å². The molecule has 2 atom stereocenters. The molecule has 0 saturated carbocycles. The van der Waals surface area contributed by atoms with Gasteiger partial charge in [0.2, 0.25) is 0 Å². The molecular formula is C12H22O3. The highest BCUT2D eigenvalue weighted by Gasteiger charge is 2.25. The zero-order valence-corrected chi connectivity index (χ0v) is 9.58. The first-order valence-corrected chi connectivity index (χ1v) is 6.10. The number of hydrogen-bond acceptors (Lipinski definition) is 3. The van der Waals surface area contributed by atoms with Crippen LogP contribution in [0.3, 0.4) is 0 Å². The molecule has 1 heterocycles. The van der Waals surface area contributed by atoms with Crippen molar-refractivity contribution in [1.29, 1.82) is 0 Å². The van der Waals surface area contributed by atoms with Crippen molar-refractivity contribution >= 4 is 5.97 Å². The summed E-state index contributed by atoms with van der Waals surface area (Å²) in [6, 6.07) is 0. The van der Waals surface area contributed by atoms with Crippen molar-refractivity contribution < 1.29 is 14.6 Å². The Balaban J connectivity index is 2.02. The Morgan fingerprint density at radius 3 is 2.87 bits per heavy atom. The molecule has 0 bridgehead atoms. The molecule has 0 aliphatic carbocycles. The Hall–Kier alpha value is -0.570. The minimum Gasteiger partial charge on any atom is -0.462 e. The maximum Gasteiger partial charge on any atom is 0.306 e. The zero-order valence-electron chi connectivity index (χ0n) is 9.58. The summed E-state index contributed by atoms with van der Waals surface area (Å²) in [6.45, 7) is 2.18. The van der Waals surface area contributed by atoms with E-state index in [-0.39, 0.29) is 18.2 Å². The lowest BCUT2D eigenvalue weighted by atomic mass is 10.0. The number of cyclic esters (lactones) is 1. The standard InChI is InChI=1S/C12H22O3/c1-2-3-4-5-6-10(13)9-11-7-8-12(14)15-11/h10-11,13H,2-9H2,1H3/t10-,11+/m0/s1. The maximum atomic E-state index is 10.8. The van der Waals surface area contributed by atoms with Gasteiger partial charge in [0.25, 0.3) is 0 Å². The van der Waals surface area contributed by atoms with Gasteiger partial charge in [-0.2, -0.15) is 0 Å². The number of esters is 1. The van der Waals surface area contributed by atoms with Crippen molar-refractivity contribution in [1.82, 2.24) is 0 Å². The van der Waals surface area contributed by atoms with E-state index in [1.165, 1.54) is 19.3 Å². The van der Waals surface area contributed by atoms with Crippen molar-refractivity contribution in [2.45, 2.75) is 70.5 Å². The van der Waals surface area contributed by atoms with Gasteiger partial charge in [-0.05, 0) is 12.8 Å². The number of rotatable bonds is 7. The first kappa shape index (κ1) is 12.5. The number of carbonyl (C=O) groups excluding carboxylic acids is 1. The highest BCUT2D eigenvalue weighted by Crippen LogP contribution is 2.20. The molecule has 1 aliphatic rings. The van der Waals surface area contributed by atoms with E-state index in [9.17, 15) is 9.90 Å². The Morgan fingerprint density at radius 1 is 1.47 bits per heavy atom. The van der Waals surface area contributed by atoms with Crippen LogP contribution in [0, 0.1) is 0 Å². The molecule has 3 heteroatoms. The second-order valence-electron chi connectivity index (χ2n) is 4.39. The fraction of sp³-hybridized carbons (Fsp3) is 0.917. The topological polar surface area (TPSA) is 46.5 Å². The minimum absolute atomic E-state index is 0.0290. The van der Waals surface area contributed by atoms with Gasteiger partial charge < -0.3 is 9.84 Å². The SMILES string of the molecule is CCCCCC[C@H](O)C[C@H]1CCC(=O)O1. The Morgan fingerprint density at radius 2 is 2.27 bits per heavy atom. The number of hydrogen-bond donors (Lipinski definition) is 1.